The van der Waals surface area contributed by atoms with Crippen LogP contribution in [-0.2, 0) is 91.1 Å². The van der Waals surface area contributed by atoms with Crippen molar-refractivity contribution in [2.45, 2.75) is 398 Å². The molecule has 0 bridgehead atoms. The first-order chi connectivity index (χ1) is 67.6. The molecule has 0 aliphatic heterocycles. The van der Waals surface area contributed by atoms with Gasteiger partial charge in [-0.1, -0.05) is 89.5 Å². The smallest absolute Gasteiger partial charge is 0.243 e. The van der Waals surface area contributed by atoms with Crippen LogP contribution in [0.25, 0.3) is 0 Å². The van der Waals surface area contributed by atoms with E-state index in [0.29, 0.717) is 96.4 Å². The number of nitrogens with two attached hydrogens (primary N) is 11. The molecule has 0 aromatic heterocycles. The Morgan fingerprint density at radius 2 is 0.399 bits per heavy atom. The van der Waals surface area contributed by atoms with Crippen LogP contribution in [0.3, 0.4) is 0 Å². The van der Waals surface area contributed by atoms with Crippen molar-refractivity contribution in [1.29, 1.82) is 0 Å². The molecule has 0 fully saturated rings. The van der Waals surface area contributed by atoms with Gasteiger partial charge >= 0.3 is 0 Å². The van der Waals surface area contributed by atoms with Gasteiger partial charge in [-0.05, 0) is 280 Å². The van der Waals surface area contributed by atoms with E-state index in [1.54, 1.807) is 55.4 Å². The lowest BCUT2D eigenvalue weighted by Crippen LogP contribution is -2.61. The van der Waals surface area contributed by atoms with Crippen LogP contribution < -0.4 is 154 Å². The summed E-state index contributed by atoms with van der Waals surface area (Å²) >= 11 is 0. The summed E-state index contributed by atoms with van der Waals surface area (Å²) in [5.41, 5.74) is 60.6. The lowest BCUT2D eigenvalue weighted by molar-refractivity contribution is -0.137. The van der Waals surface area contributed by atoms with Crippen molar-refractivity contribution in [3.8, 4) is 0 Å². The van der Waals surface area contributed by atoms with Crippen LogP contribution in [0.1, 0.15) is 308 Å². The van der Waals surface area contributed by atoms with Crippen LogP contribution in [0.5, 0.6) is 0 Å². The Labute approximate surface area is 846 Å². The molecule has 0 radical (unpaired) electrons. The fourth-order valence-electron chi connectivity index (χ4n) is 15.6. The number of primary amides is 2. The van der Waals surface area contributed by atoms with Gasteiger partial charge in [-0.15, -0.1) is 0 Å². The Balaban J connectivity index is 7.54. The van der Waals surface area contributed by atoms with Gasteiger partial charge in [0.25, 0.3) is 0 Å². The molecule has 15 atom stereocenters. The third kappa shape index (κ3) is 60.8. The van der Waals surface area contributed by atoms with E-state index in [1.165, 1.54) is 0 Å². The highest BCUT2D eigenvalue weighted by Crippen LogP contribution is 2.19. The quantitative estimate of drug-likeness (QED) is 0.0122. The molecule has 39 N–H and O–H groups in total. The van der Waals surface area contributed by atoms with Gasteiger partial charge < -0.3 is 142 Å². The zero-order valence-corrected chi connectivity index (χ0v) is 87.3. The second-order valence-electron chi connectivity index (χ2n) is 39.7. The zero-order chi connectivity index (χ0) is 108. The molecule has 822 valence electrons. The van der Waals surface area contributed by atoms with Gasteiger partial charge in [0.05, 0.1) is 12.6 Å². The van der Waals surface area contributed by atoms with E-state index in [0.717, 1.165) is 0 Å². The standard InChI is InChI=1S/C96H184N28O19/c1-57(2)50-63(104)82(129)110-65(31-16-23-43-98)84(131)112-68(34-19-26-46-101)88(135)121-77(55-62(11)12)96(143)123-76(54-61(9)10)94(141)116-67(33-18-25-45-100)86(133)117-72(39-41-79(106)126)91(138)122-74(52-59(5)6)93(140)115-66(32-17-24-44-99)85(132)113-69(35-20-27-47-102)87(134)120-75(53-60(7)8)95(142)118-71(38-40-78(105)125)90(137)114-70(36-21-28-48-103)89(136)119-73(51-58(3)4)92(139)111-64(30-15-22-42-97)83(130)109-56-81(128)108-49-29-13-14-37-80(127)124-107/h57-77H,13-56,97-104,107H2,1-12H3,(H2,105,125)(H2,106,126)(H,108,128)(H,109,130)(H,110,129)(H,111,139)(H,112,131)(H,113,132)(H,114,137)(H,115,140)(H,116,141)(H,117,133)(H,118,142)(H,119,136)(H,120,134)(H,121,135)(H,122,138)(H,123,143)(H,124,127)/t63-,64-,65-,66-,67-,68-,69-,70-,71-,72-,73-,74-,75-,76-,77-/m0/s1. The SMILES string of the molecule is CC(C)C[C@H](NC(=O)[C@H](CCCCN)NC(=O)[C@H](CCC(N)=O)NC(=O)[C@H](CC(C)C)NC(=O)[C@H](CCCCN)NC(=O)[C@H](CCCCN)NC(=O)[C@H](CC(C)C)NC(=O)[C@H](CCC(N)=O)NC(=O)[C@H](CCCCN)NC(=O)[C@H](CC(C)C)NC(=O)[C@H](CC(C)C)NC(=O)[C@H](CCCCN)NC(=O)[C@H](CCCCN)NC(=O)[C@@H](N)CC(C)C)C(=O)N[C@@H](CCCCN)C(=O)NCC(=O)NCCCCCC(=O)NN. The Morgan fingerprint density at radius 1 is 0.203 bits per heavy atom. The first-order valence-corrected chi connectivity index (χ1v) is 51.7. The van der Waals surface area contributed by atoms with Crippen molar-refractivity contribution >= 4 is 112 Å². The van der Waals surface area contributed by atoms with Crippen LogP contribution in [-0.4, -0.2) is 262 Å². The lowest BCUT2D eigenvalue weighted by Gasteiger charge is -2.29. The Kier molecular flexibility index (Phi) is 71.5. The maximum Gasteiger partial charge on any atom is 0.243 e. The first-order valence-electron chi connectivity index (χ1n) is 51.7. The minimum Gasteiger partial charge on any atom is -0.370 e. The van der Waals surface area contributed by atoms with Crippen molar-refractivity contribution in [2.24, 2.45) is 98.7 Å². The summed E-state index contributed by atoms with van der Waals surface area (Å²) in [6.45, 7) is 23.0. The largest absolute Gasteiger partial charge is 0.370 e. The van der Waals surface area contributed by atoms with E-state index < -0.39 is 229 Å². The topological polar surface area (TPSA) is 815 Å². The summed E-state index contributed by atoms with van der Waals surface area (Å²) in [6, 6.07) is -20.3. The average molecular weight is 2030 g/mol. The number of hydrogen-bond donors (Lipinski definition) is 28. The first kappa shape index (κ1) is 133. The number of unbranched alkanes of at least 4 members (excludes halogenated alkanes) is 9. The molecular weight excluding hydrogens is 1850 g/mol. The fourth-order valence-corrected chi connectivity index (χ4v) is 15.6. The predicted molar refractivity (Wildman–Crippen MR) is 546 cm³/mol. The summed E-state index contributed by atoms with van der Waals surface area (Å²) in [6.07, 6.45) is 5.74. The van der Waals surface area contributed by atoms with Crippen LogP contribution in [0, 0.1) is 35.5 Å². The third-order valence-electron chi connectivity index (χ3n) is 23.4. The molecule has 0 aromatic carbocycles. The monoisotopic (exact) mass is 2030 g/mol. The molecule has 0 aliphatic rings. The zero-order valence-electron chi connectivity index (χ0n) is 87.3. The fraction of sp³-hybridized carbons (Fsp3) is 0.802. The number of rotatable bonds is 83. The van der Waals surface area contributed by atoms with Gasteiger partial charge in [0.15, 0.2) is 0 Å². The van der Waals surface area contributed by atoms with E-state index in [-0.39, 0.29) is 196 Å². The molecule has 0 aromatic rings. The van der Waals surface area contributed by atoms with Gasteiger partial charge in [0.1, 0.15) is 84.6 Å². The Morgan fingerprint density at radius 3 is 0.601 bits per heavy atom. The number of carbonyl (C=O) groups excluding carboxylic acids is 19. The van der Waals surface area contributed by atoms with E-state index >= 15 is 0 Å². The lowest BCUT2D eigenvalue weighted by atomic mass is 9.98. The second-order valence-corrected chi connectivity index (χ2v) is 39.7. The van der Waals surface area contributed by atoms with Gasteiger partial charge in [0.2, 0.25) is 112 Å². The highest BCUT2D eigenvalue weighted by Gasteiger charge is 2.40. The maximum absolute atomic E-state index is 15.0. The normalized spacial score (nSPS) is 14.6. The van der Waals surface area contributed by atoms with Crippen molar-refractivity contribution in [3.05, 3.63) is 0 Å². The molecule has 47 nitrogen and oxygen atoms in total. The van der Waals surface area contributed by atoms with E-state index in [4.69, 9.17) is 63.2 Å². The van der Waals surface area contributed by atoms with Crippen LogP contribution >= 0.6 is 0 Å². The van der Waals surface area contributed by atoms with E-state index in [1.807, 2.05) is 27.7 Å². The minimum absolute atomic E-state index is 0.00751. The molecule has 0 saturated carbocycles. The van der Waals surface area contributed by atoms with Crippen LogP contribution in [0.2, 0.25) is 0 Å². The molecule has 47 heteroatoms. The van der Waals surface area contributed by atoms with Crippen molar-refractivity contribution in [2.75, 3.05) is 58.9 Å². The summed E-state index contributed by atoms with van der Waals surface area (Å²) in [5, 5.41) is 43.5. The molecule has 0 aliphatic carbocycles. The van der Waals surface area contributed by atoms with Crippen LogP contribution in [0.4, 0.5) is 0 Å². The number of amides is 19. The molecular formula is C96H184N28O19. The number of nitrogens with one attached hydrogen (secondary N) is 17. The van der Waals surface area contributed by atoms with Gasteiger partial charge in [-0.2, -0.15) is 0 Å². The molecule has 19 amide bonds. The number of hydrazine groups is 1. The molecule has 0 unspecified atom stereocenters. The van der Waals surface area contributed by atoms with Gasteiger partial charge in [0, 0.05) is 25.8 Å². The summed E-state index contributed by atoms with van der Waals surface area (Å²) in [7, 11) is 0. The molecule has 0 rings (SSSR count). The van der Waals surface area contributed by atoms with Gasteiger partial charge in [-0.3, -0.25) is 96.5 Å². The summed E-state index contributed by atoms with van der Waals surface area (Å²) in [5.74, 6) is -11.1. The molecule has 0 heterocycles. The maximum atomic E-state index is 15.0. The highest BCUT2D eigenvalue weighted by molar-refractivity contribution is 6.01. The average Bonchev–Trinajstić information content (AvgIpc) is 0.839. The third-order valence-corrected chi connectivity index (χ3v) is 23.4. The predicted octanol–water partition coefficient (Wildman–Crippen LogP) is -3.41. The second kappa shape index (κ2) is 77.1. The van der Waals surface area contributed by atoms with Crippen molar-refractivity contribution in [3.63, 3.8) is 0 Å². The molecule has 143 heavy (non-hydrogen) atoms. The van der Waals surface area contributed by atoms with Gasteiger partial charge in [-0.25, -0.2) is 5.84 Å². The summed E-state index contributed by atoms with van der Waals surface area (Å²) in [4.78, 5) is 268. The van der Waals surface area contributed by atoms with E-state index in [2.05, 4.69) is 90.5 Å². The molecule has 0 spiro atoms. The summed E-state index contributed by atoms with van der Waals surface area (Å²) < 4.78 is 0. The number of carbonyl (C=O) groups is 19. The van der Waals surface area contributed by atoms with E-state index in [9.17, 15) is 91.1 Å². The number of hydrogen-bond acceptors (Lipinski definition) is 28. The van der Waals surface area contributed by atoms with Crippen molar-refractivity contribution < 1.29 is 91.1 Å². The highest BCUT2D eigenvalue weighted by atomic mass is 16.2. The molecule has 0 saturated heterocycles. The van der Waals surface area contributed by atoms with Crippen molar-refractivity contribution in [1.82, 2.24) is 90.5 Å². The van der Waals surface area contributed by atoms with Crippen LogP contribution in [0.15, 0.2) is 0 Å². The minimum atomic E-state index is -1.63. The Hall–Kier alpha value is -10.4. The Bertz CT molecular complexity index is 3850.